The summed E-state index contributed by atoms with van der Waals surface area (Å²) in [7, 11) is 0. The molecule has 0 bridgehead atoms. The average molecular weight is 422 g/mol. The predicted octanol–water partition coefficient (Wildman–Crippen LogP) is 5.08. The molecule has 1 aliphatic rings. The molecule has 3 aromatic rings. The molecule has 0 radical (unpaired) electrons. The van der Waals surface area contributed by atoms with Crippen molar-refractivity contribution in [3.63, 3.8) is 0 Å². The number of hydrogen-bond acceptors (Lipinski definition) is 4. The lowest BCUT2D eigenvalue weighted by Gasteiger charge is -2.29. The maximum absolute atomic E-state index is 12.6. The number of aromatic nitrogens is 3. The highest BCUT2D eigenvalue weighted by Gasteiger charge is 2.40. The molecule has 0 spiro atoms. The Hall–Kier alpha value is -2.89. The summed E-state index contributed by atoms with van der Waals surface area (Å²) in [4.78, 5) is 17.4. The molecule has 1 aliphatic heterocycles. The van der Waals surface area contributed by atoms with Gasteiger partial charge in [-0.1, -0.05) is 34.1 Å². The Bertz CT molecular complexity index is 1170. The molecule has 1 atom stereocenters. The topological polar surface area (TPSA) is 76.7 Å². The van der Waals surface area contributed by atoms with E-state index in [9.17, 15) is 9.90 Å². The van der Waals surface area contributed by atoms with Gasteiger partial charge < -0.3 is 9.84 Å². The zero-order valence-corrected chi connectivity index (χ0v) is 19.2. The number of nitrogens with zero attached hydrogens (tertiary/aromatic N) is 3. The summed E-state index contributed by atoms with van der Waals surface area (Å²) in [6.45, 7) is 12.8. The van der Waals surface area contributed by atoms with E-state index >= 15 is 0 Å². The summed E-state index contributed by atoms with van der Waals surface area (Å²) in [5, 5.41) is 15.2. The first kappa shape index (κ1) is 21.3. The number of aliphatic carboxylic acids is 1. The normalized spacial score (nSPS) is 15.5. The number of benzene rings is 1. The number of aryl methyl sites for hydroxylation is 1. The highest BCUT2D eigenvalue weighted by Crippen LogP contribution is 2.41. The zero-order valence-electron chi connectivity index (χ0n) is 19.2. The maximum atomic E-state index is 12.6. The fraction of sp³-hybridized carbons (Fsp3) is 0.480. The van der Waals surface area contributed by atoms with Crippen LogP contribution < -0.4 is 4.74 Å². The molecular weight excluding hydrogens is 390 g/mol. The molecule has 1 aromatic carbocycles. The molecule has 2 aromatic heterocycles. The Morgan fingerprint density at radius 2 is 1.97 bits per heavy atom. The minimum Gasteiger partial charge on any atom is -0.493 e. The summed E-state index contributed by atoms with van der Waals surface area (Å²) < 4.78 is 7.54. The Balaban J connectivity index is 2.10. The monoisotopic (exact) mass is 421 g/mol. The zero-order chi connectivity index (χ0) is 22.6. The average Bonchev–Trinajstić information content (AvgIpc) is 3.32. The molecule has 4 rings (SSSR count). The number of rotatable bonds is 5. The van der Waals surface area contributed by atoms with Crippen LogP contribution in [0.2, 0.25) is 0 Å². The van der Waals surface area contributed by atoms with E-state index in [2.05, 4.69) is 26.8 Å². The van der Waals surface area contributed by atoms with E-state index in [1.54, 1.807) is 0 Å². The van der Waals surface area contributed by atoms with Crippen LogP contribution in [-0.2, 0) is 22.0 Å². The second kappa shape index (κ2) is 7.36. The molecular formula is C25H31N3O3. The van der Waals surface area contributed by atoms with Gasteiger partial charge in [0.05, 0.1) is 23.4 Å². The van der Waals surface area contributed by atoms with E-state index in [0.717, 1.165) is 58.0 Å². The van der Waals surface area contributed by atoms with Crippen molar-refractivity contribution in [3.05, 3.63) is 46.8 Å². The molecule has 6 nitrogen and oxygen atoms in total. The first-order valence-electron chi connectivity index (χ1n) is 11.0. The molecule has 164 valence electrons. The van der Waals surface area contributed by atoms with Crippen molar-refractivity contribution in [2.24, 2.45) is 0 Å². The van der Waals surface area contributed by atoms with Gasteiger partial charge in [-0.3, -0.25) is 4.79 Å². The smallest absolute Gasteiger partial charge is 0.313 e. The lowest BCUT2D eigenvalue weighted by Crippen LogP contribution is -2.35. The summed E-state index contributed by atoms with van der Waals surface area (Å²) in [6.07, 6.45) is 2.12. The summed E-state index contributed by atoms with van der Waals surface area (Å²) in [6, 6.07) is 8.12. The summed E-state index contributed by atoms with van der Waals surface area (Å²) in [5.41, 5.74) is 4.81. The van der Waals surface area contributed by atoms with Gasteiger partial charge >= 0.3 is 5.97 Å². The first-order chi connectivity index (χ1) is 14.6. The Morgan fingerprint density at radius 1 is 1.23 bits per heavy atom. The van der Waals surface area contributed by atoms with Crippen LogP contribution in [0, 0.1) is 6.92 Å². The highest BCUT2D eigenvalue weighted by molar-refractivity contribution is 5.85. The lowest BCUT2D eigenvalue weighted by atomic mass is 9.76. The van der Waals surface area contributed by atoms with Crippen LogP contribution in [0.4, 0.5) is 0 Å². The molecule has 1 unspecified atom stereocenters. The fourth-order valence-electron chi connectivity index (χ4n) is 4.59. The number of carboxylic acids is 1. The highest BCUT2D eigenvalue weighted by atomic mass is 16.5. The van der Waals surface area contributed by atoms with Crippen LogP contribution in [0.3, 0.4) is 0 Å². The van der Waals surface area contributed by atoms with Crippen molar-refractivity contribution >= 4 is 11.6 Å². The van der Waals surface area contributed by atoms with E-state index in [1.165, 1.54) is 0 Å². The molecule has 0 amide bonds. The van der Waals surface area contributed by atoms with Gasteiger partial charge in [0.2, 0.25) is 0 Å². The molecule has 0 aliphatic carbocycles. The van der Waals surface area contributed by atoms with Crippen LogP contribution in [0.1, 0.15) is 70.0 Å². The van der Waals surface area contributed by atoms with Crippen molar-refractivity contribution < 1.29 is 14.6 Å². The largest absolute Gasteiger partial charge is 0.493 e. The van der Waals surface area contributed by atoms with Crippen molar-refractivity contribution in [3.8, 4) is 17.0 Å². The van der Waals surface area contributed by atoms with E-state index in [1.807, 2.05) is 43.5 Å². The summed E-state index contributed by atoms with van der Waals surface area (Å²) in [5.74, 6) is 0.0604. The van der Waals surface area contributed by atoms with Gasteiger partial charge in [-0.2, -0.15) is 5.10 Å². The minimum absolute atomic E-state index is 0.148. The van der Waals surface area contributed by atoms with Crippen molar-refractivity contribution in [2.45, 2.75) is 71.6 Å². The molecule has 0 saturated heterocycles. The van der Waals surface area contributed by atoms with Gasteiger partial charge in [-0.25, -0.2) is 9.50 Å². The molecule has 0 saturated carbocycles. The first-order valence-corrected chi connectivity index (χ1v) is 11.0. The Labute approximate surface area is 183 Å². The standard InChI is InChI=1S/C25H31N3O3/c1-7-11-25(6,23(29)30)21-15(2)26-20-14-19(24(3,4)5)27-28(20)22(21)17-8-9-18-16(13-17)10-12-31-18/h8-9,13-14H,7,10-12H2,1-6H3,(H,29,30). The van der Waals surface area contributed by atoms with Gasteiger partial charge in [0.15, 0.2) is 5.65 Å². The number of fused-ring (bicyclic) bond motifs is 2. The molecule has 31 heavy (non-hydrogen) atoms. The quantitative estimate of drug-likeness (QED) is 0.622. The van der Waals surface area contributed by atoms with Crippen LogP contribution >= 0.6 is 0 Å². The number of hydrogen-bond donors (Lipinski definition) is 1. The van der Waals surface area contributed by atoms with Crippen LogP contribution in [-0.4, -0.2) is 32.3 Å². The fourth-order valence-corrected chi connectivity index (χ4v) is 4.59. The predicted molar refractivity (Wildman–Crippen MR) is 121 cm³/mol. The van der Waals surface area contributed by atoms with E-state index in [4.69, 9.17) is 14.8 Å². The maximum Gasteiger partial charge on any atom is 0.313 e. The second-order valence-electron chi connectivity index (χ2n) is 9.78. The molecule has 0 fully saturated rings. The molecule has 1 N–H and O–H groups in total. The van der Waals surface area contributed by atoms with E-state index in [0.29, 0.717) is 13.0 Å². The van der Waals surface area contributed by atoms with Crippen molar-refractivity contribution in [1.82, 2.24) is 14.6 Å². The molecule has 6 heteroatoms. The minimum atomic E-state index is -1.07. The van der Waals surface area contributed by atoms with E-state index < -0.39 is 11.4 Å². The van der Waals surface area contributed by atoms with Gasteiger partial charge in [0.1, 0.15) is 5.75 Å². The number of carbonyl (C=O) groups is 1. The third-order valence-corrected chi connectivity index (χ3v) is 6.29. The Morgan fingerprint density at radius 3 is 2.61 bits per heavy atom. The van der Waals surface area contributed by atoms with Gasteiger partial charge in [-0.05, 0) is 44.0 Å². The third-order valence-electron chi connectivity index (χ3n) is 6.29. The van der Waals surface area contributed by atoms with Gasteiger partial charge in [-0.15, -0.1) is 0 Å². The third kappa shape index (κ3) is 3.48. The summed E-state index contributed by atoms with van der Waals surface area (Å²) >= 11 is 0. The van der Waals surface area contributed by atoms with E-state index in [-0.39, 0.29) is 5.41 Å². The second-order valence-corrected chi connectivity index (χ2v) is 9.78. The van der Waals surface area contributed by atoms with Gasteiger partial charge in [0, 0.05) is 34.7 Å². The van der Waals surface area contributed by atoms with Gasteiger partial charge in [0.25, 0.3) is 0 Å². The number of ether oxygens (including phenoxy) is 1. The van der Waals surface area contributed by atoms with Crippen LogP contribution in [0.15, 0.2) is 24.3 Å². The van der Waals surface area contributed by atoms with Crippen molar-refractivity contribution in [1.29, 1.82) is 0 Å². The Kier molecular flexibility index (Phi) is 5.07. The SMILES string of the molecule is CCCC(C)(C(=O)O)c1c(C)nc2cc(C(C)(C)C)nn2c1-c1ccc2c(c1)CCO2. The van der Waals surface area contributed by atoms with Crippen LogP contribution in [0.25, 0.3) is 16.9 Å². The molecule has 3 heterocycles. The van der Waals surface area contributed by atoms with Crippen molar-refractivity contribution in [2.75, 3.05) is 6.61 Å². The lowest BCUT2D eigenvalue weighted by molar-refractivity contribution is -0.143. The number of carboxylic acid groups (broad SMARTS) is 1. The van der Waals surface area contributed by atoms with Crippen LogP contribution in [0.5, 0.6) is 5.75 Å².